The van der Waals surface area contributed by atoms with Gasteiger partial charge in [0.1, 0.15) is 5.58 Å². The third-order valence-corrected chi connectivity index (χ3v) is 11.5. The number of aromatic nitrogens is 1. The van der Waals surface area contributed by atoms with E-state index in [2.05, 4.69) is 82.4 Å². The van der Waals surface area contributed by atoms with Crippen LogP contribution in [0.15, 0.2) is 71.0 Å². The zero-order valence-corrected chi connectivity index (χ0v) is 32.6. The van der Waals surface area contributed by atoms with Gasteiger partial charge in [-0.15, -0.1) is 17.7 Å². The smallest absolute Gasteiger partial charge is 0.162 e. The van der Waals surface area contributed by atoms with Gasteiger partial charge in [-0.1, -0.05) is 114 Å². The molecule has 5 aromatic rings. The molecule has 3 fully saturated rings. The summed E-state index contributed by atoms with van der Waals surface area (Å²) in [6.45, 7) is 8.98. The van der Waals surface area contributed by atoms with Crippen LogP contribution in [0.4, 0.5) is 0 Å². The first-order valence-electron chi connectivity index (χ1n) is 19.0. The zero-order valence-electron chi connectivity index (χ0n) is 30.2. The number of carbonyl (C=O) groups is 1. The minimum absolute atomic E-state index is 0. The van der Waals surface area contributed by atoms with Crippen molar-refractivity contribution in [3.05, 3.63) is 89.3 Å². The topological polar surface area (TPSA) is 63.3 Å². The average molecular weight is 847 g/mol. The molecule has 0 atom stereocenters. The standard InChI is InChI=1S/C32H32NO.C13H20O2.Ir/c1-19(2)23-16-27-24-11-7-8-12-30(24)34-32(27)28(17-23)31-25-14-13-22(21-9-5-6-10-21)15-26(25)29(18-33-31)20(3)4;14-12(10-5-1-2-6-10)9-13(15)11-7-3-4-8-11;/h7-8,11-16,18-21H,5-6,9-10H2,1-4H3;9-11,14H,1-8H2;/q-1;;/b;12-9-;. The van der Waals surface area contributed by atoms with E-state index in [1.54, 1.807) is 0 Å². The summed E-state index contributed by atoms with van der Waals surface area (Å²) >= 11 is 0. The largest absolute Gasteiger partial charge is 0.512 e. The molecule has 0 bridgehead atoms. The number of aliphatic hydroxyl groups excluding tert-OH is 1. The summed E-state index contributed by atoms with van der Waals surface area (Å²) in [7, 11) is 0. The molecule has 0 amide bonds. The molecule has 3 saturated carbocycles. The normalized spacial score (nSPS) is 17.7. The second-order valence-electron chi connectivity index (χ2n) is 15.5. The summed E-state index contributed by atoms with van der Waals surface area (Å²) in [5.74, 6) is 2.47. The summed E-state index contributed by atoms with van der Waals surface area (Å²) in [6.07, 6.45) is 17.8. The molecule has 4 nitrogen and oxygen atoms in total. The fourth-order valence-corrected chi connectivity index (χ4v) is 8.53. The molecule has 5 heteroatoms. The van der Waals surface area contributed by atoms with Crippen molar-refractivity contribution in [2.24, 2.45) is 11.8 Å². The zero-order chi connectivity index (χ0) is 34.1. The Labute approximate surface area is 311 Å². The van der Waals surface area contributed by atoms with Crippen molar-refractivity contribution in [1.29, 1.82) is 0 Å². The maximum Gasteiger partial charge on any atom is 0.162 e. The van der Waals surface area contributed by atoms with Crippen LogP contribution in [0.1, 0.15) is 139 Å². The quantitative estimate of drug-likeness (QED) is 0.101. The Kier molecular flexibility index (Phi) is 11.7. The second kappa shape index (κ2) is 16.0. The monoisotopic (exact) mass is 847 g/mol. The van der Waals surface area contributed by atoms with Crippen LogP contribution in [-0.2, 0) is 24.9 Å². The van der Waals surface area contributed by atoms with E-state index in [1.807, 2.05) is 6.07 Å². The van der Waals surface area contributed by atoms with E-state index >= 15 is 0 Å². The van der Waals surface area contributed by atoms with Crippen LogP contribution in [-0.4, -0.2) is 15.9 Å². The Morgan fingerprint density at radius 1 is 0.800 bits per heavy atom. The number of para-hydroxylation sites is 1. The fourth-order valence-electron chi connectivity index (χ4n) is 8.53. The van der Waals surface area contributed by atoms with Gasteiger partial charge in [-0.05, 0) is 89.9 Å². The summed E-state index contributed by atoms with van der Waals surface area (Å²) in [5.41, 5.74) is 7.75. The molecule has 0 spiro atoms. The summed E-state index contributed by atoms with van der Waals surface area (Å²) in [6, 6.07) is 21.4. The number of hydrogen-bond acceptors (Lipinski definition) is 4. The summed E-state index contributed by atoms with van der Waals surface area (Å²) < 4.78 is 6.43. The predicted octanol–water partition coefficient (Wildman–Crippen LogP) is 12.9. The number of ketones is 1. The van der Waals surface area contributed by atoms with Gasteiger partial charge in [-0.25, -0.2) is 0 Å². The van der Waals surface area contributed by atoms with Crippen LogP contribution in [0.25, 0.3) is 44.0 Å². The van der Waals surface area contributed by atoms with Crippen LogP contribution in [0, 0.1) is 17.9 Å². The molecule has 3 aliphatic rings. The Bertz CT molecular complexity index is 1980. The Morgan fingerprint density at radius 3 is 2.14 bits per heavy atom. The molecule has 8 rings (SSSR count). The predicted molar refractivity (Wildman–Crippen MR) is 202 cm³/mol. The van der Waals surface area contributed by atoms with Crippen molar-refractivity contribution in [3.8, 4) is 11.3 Å². The summed E-state index contributed by atoms with van der Waals surface area (Å²) in [4.78, 5) is 16.8. The van der Waals surface area contributed by atoms with Gasteiger partial charge in [-0.2, -0.15) is 0 Å². The number of pyridine rings is 1. The van der Waals surface area contributed by atoms with E-state index in [-0.39, 0.29) is 37.7 Å². The molecule has 0 unspecified atom stereocenters. The van der Waals surface area contributed by atoms with Gasteiger partial charge < -0.3 is 14.5 Å². The number of nitrogens with zero attached hydrogens (tertiary/aromatic N) is 1. The number of hydrogen-bond donors (Lipinski definition) is 1. The van der Waals surface area contributed by atoms with E-state index in [0.717, 1.165) is 58.9 Å². The van der Waals surface area contributed by atoms with E-state index in [4.69, 9.17) is 9.40 Å². The first-order valence-corrected chi connectivity index (χ1v) is 19.0. The van der Waals surface area contributed by atoms with Gasteiger partial charge in [-0.3, -0.25) is 4.79 Å². The van der Waals surface area contributed by atoms with E-state index in [1.165, 1.54) is 84.9 Å². The van der Waals surface area contributed by atoms with Crippen molar-refractivity contribution in [2.45, 2.75) is 122 Å². The molecular weight excluding hydrogens is 795 g/mol. The first kappa shape index (κ1) is 36.5. The van der Waals surface area contributed by atoms with Gasteiger partial charge >= 0.3 is 0 Å². The van der Waals surface area contributed by atoms with E-state index in [0.29, 0.717) is 23.5 Å². The van der Waals surface area contributed by atoms with Gasteiger partial charge in [0.2, 0.25) is 0 Å². The first-order chi connectivity index (χ1) is 23.8. The summed E-state index contributed by atoms with van der Waals surface area (Å²) in [5, 5.41) is 14.7. The number of furan rings is 1. The number of fused-ring (bicyclic) bond motifs is 4. The van der Waals surface area contributed by atoms with Crippen molar-refractivity contribution in [3.63, 3.8) is 0 Å². The minimum Gasteiger partial charge on any atom is -0.512 e. The molecular formula is C45H52IrNO3-. The number of carbonyl (C=O) groups excluding carboxylic acids is 1. The molecule has 3 aromatic carbocycles. The molecule has 0 saturated heterocycles. The molecule has 265 valence electrons. The van der Waals surface area contributed by atoms with Gasteiger partial charge in [0.25, 0.3) is 0 Å². The van der Waals surface area contributed by atoms with E-state index in [9.17, 15) is 9.90 Å². The molecule has 50 heavy (non-hydrogen) atoms. The van der Waals surface area contributed by atoms with Crippen LogP contribution < -0.4 is 0 Å². The molecule has 1 radical (unpaired) electrons. The van der Waals surface area contributed by atoms with Crippen LogP contribution in [0.5, 0.6) is 0 Å². The molecule has 2 heterocycles. The second-order valence-corrected chi connectivity index (χ2v) is 15.5. The van der Waals surface area contributed by atoms with Crippen molar-refractivity contribution < 1.29 is 34.4 Å². The van der Waals surface area contributed by atoms with Crippen LogP contribution in [0.3, 0.4) is 0 Å². The van der Waals surface area contributed by atoms with Crippen molar-refractivity contribution in [1.82, 2.24) is 4.98 Å². The number of aliphatic hydroxyl groups is 1. The van der Waals surface area contributed by atoms with Crippen molar-refractivity contribution in [2.75, 3.05) is 0 Å². The van der Waals surface area contributed by atoms with Crippen LogP contribution in [0.2, 0.25) is 0 Å². The Morgan fingerprint density at radius 2 is 1.46 bits per heavy atom. The molecule has 2 aromatic heterocycles. The molecule has 1 N–H and O–H groups in total. The number of benzene rings is 3. The molecule has 3 aliphatic carbocycles. The van der Waals surface area contributed by atoms with Gasteiger partial charge in [0.05, 0.1) is 11.3 Å². The number of allylic oxidation sites excluding steroid dienone is 2. The average Bonchev–Trinajstić information content (AvgIpc) is 3.95. The third-order valence-electron chi connectivity index (χ3n) is 11.5. The molecule has 0 aliphatic heterocycles. The third kappa shape index (κ3) is 7.51. The maximum absolute atomic E-state index is 11.8. The maximum atomic E-state index is 11.8. The number of rotatable bonds is 7. The Balaban J connectivity index is 0.000000227. The van der Waals surface area contributed by atoms with Gasteiger partial charge in [0, 0.05) is 49.6 Å². The van der Waals surface area contributed by atoms with Crippen LogP contribution >= 0.6 is 0 Å². The minimum atomic E-state index is 0. The van der Waals surface area contributed by atoms with E-state index < -0.39 is 0 Å². The SMILES string of the molecule is CC(C)c1[c-]c(-c2ncc(C(C)C)c3cc(C4CCCC4)ccc23)c2oc3ccccc3c2c1.O=C(/C=C(\O)C1CCCC1)C1CCCC1.[Ir]. The fraction of sp³-hybridized carbons (Fsp3) is 0.467. The van der Waals surface area contributed by atoms with Crippen molar-refractivity contribution >= 4 is 38.5 Å². The van der Waals surface area contributed by atoms with Gasteiger partial charge in [0.15, 0.2) is 5.78 Å². The Hall–Kier alpha value is -3.27.